The molecule has 0 amide bonds. The summed E-state index contributed by atoms with van der Waals surface area (Å²) >= 11 is 0. The Kier molecular flexibility index (Phi) is 2.94. The highest BCUT2D eigenvalue weighted by atomic mass is 32.2. The van der Waals surface area contributed by atoms with Gasteiger partial charge in [-0.3, -0.25) is 0 Å². The zero-order chi connectivity index (χ0) is 12.8. The number of aryl methyl sites for hydroxylation is 1. The second-order valence-corrected chi connectivity index (χ2v) is 7.64. The maximum atomic E-state index is 11.8. The molecule has 0 radical (unpaired) electrons. The Morgan fingerprint density at radius 2 is 2.22 bits per heavy atom. The summed E-state index contributed by atoms with van der Waals surface area (Å²) in [4.78, 5) is 4.32. The minimum absolute atomic E-state index is 0.299. The van der Waals surface area contributed by atoms with Gasteiger partial charge in [0.15, 0.2) is 9.84 Å². The molecule has 3 heterocycles. The monoisotopic (exact) mass is 270 g/mol. The van der Waals surface area contributed by atoms with Crippen molar-refractivity contribution < 1.29 is 13.5 Å². The molecule has 0 bridgehead atoms. The van der Waals surface area contributed by atoms with Crippen molar-refractivity contribution in [3.05, 3.63) is 17.7 Å². The average molecular weight is 270 g/mol. The fraction of sp³-hybridized carbons (Fsp3) is 0.750. The fourth-order valence-corrected chi connectivity index (χ4v) is 4.86. The zero-order valence-corrected chi connectivity index (χ0v) is 11.1. The van der Waals surface area contributed by atoms with Crippen molar-refractivity contribution in [3.8, 4) is 0 Å². The molecule has 1 aromatic rings. The molecular weight excluding hydrogens is 252 g/mol. The van der Waals surface area contributed by atoms with E-state index in [0.29, 0.717) is 12.2 Å². The summed E-state index contributed by atoms with van der Waals surface area (Å²) in [6, 6.07) is 0. The second-order valence-electron chi connectivity index (χ2n) is 5.24. The number of aliphatic hydroxyl groups excluding tert-OH is 1. The third kappa shape index (κ3) is 1.97. The summed E-state index contributed by atoms with van der Waals surface area (Å²) in [5.74, 6) is 1.03. The number of aliphatic hydroxyl groups is 1. The number of sulfone groups is 1. The minimum Gasteiger partial charge on any atom is -0.373 e. The van der Waals surface area contributed by atoms with Crippen LogP contribution in [-0.2, 0) is 22.7 Å². The molecule has 0 aliphatic carbocycles. The fourth-order valence-electron chi connectivity index (χ4n) is 3.02. The van der Waals surface area contributed by atoms with E-state index in [4.69, 9.17) is 0 Å². The molecule has 100 valence electrons. The first-order chi connectivity index (χ1) is 8.58. The Balaban J connectivity index is 1.88. The first kappa shape index (κ1) is 12.2. The molecule has 18 heavy (non-hydrogen) atoms. The standard InChI is InChI=1S/C12H18N2O3S/c15-12-5-1-3-9-8-13-11(14(9)12)7-10-4-2-6-18(10,16)17/h8,10,12,15H,1-7H2. The van der Waals surface area contributed by atoms with Gasteiger partial charge in [0.1, 0.15) is 12.1 Å². The maximum Gasteiger partial charge on any atom is 0.153 e. The Labute approximate surface area is 107 Å². The highest BCUT2D eigenvalue weighted by Crippen LogP contribution is 2.28. The van der Waals surface area contributed by atoms with Crippen molar-refractivity contribution >= 4 is 9.84 Å². The van der Waals surface area contributed by atoms with E-state index in [1.54, 1.807) is 6.20 Å². The first-order valence-corrected chi connectivity index (χ1v) is 8.24. The van der Waals surface area contributed by atoms with E-state index in [1.807, 2.05) is 4.57 Å². The van der Waals surface area contributed by atoms with Gasteiger partial charge in [-0.1, -0.05) is 0 Å². The molecule has 1 saturated heterocycles. The van der Waals surface area contributed by atoms with Gasteiger partial charge in [0, 0.05) is 18.3 Å². The van der Waals surface area contributed by atoms with Crippen molar-refractivity contribution in [1.29, 1.82) is 0 Å². The van der Waals surface area contributed by atoms with Gasteiger partial charge in [0.2, 0.25) is 0 Å². The largest absolute Gasteiger partial charge is 0.373 e. The lowest BCUT2D eigenvalue weighted by atomic mass is 10.1. The number of hydrogen-bond acceptors (Lipinski definition) is 4. The van der Waals surface area contributed by atoms with Gasteiger partial charge in [0.25, 0.3) is 0 Å². The molecule has 2 atom stereocenters. The lowest BCUT2D eigenvalue weighted by Gasteiger charge is -2.23. The molecule has 5 nitrogen and oxygen atoms in total. The average Bonchev–Trinajstić information content (AvgIpc) is 2.85. The third-order valence-electron chi connectivity index (χ3n) is 4.02. The molecule has 1 aromatic heterocycles. The molecule has 2 unspecified atom stereocenters. The molecule has 2 aliphatic rings. The Morgan fingerprint density at radius 3 is 2.94 bits per heavy atom. The van der Waals surface area contributed by atoms with E-state index < -0.39 is 16.1 Å². The minimum atomic E-state index is -2.94. The van der Waals surface area contributed by atoms with Gasteiger partial charge >= 0.3 is 0 Å². The highest BCUT2D eigenvalue weighted by Gasteiger charge is 2.33. The van der Waals surface area contributed by atoms with Crippen molar-refractivity contribution in [2.24, 2.45) is 0 Å². The van der Waals surface area contributed by atoms with E-state index in [-0.39, 0.29) is 5.25 Å². The van der Waals surface area contributed by atoms with Crippen molar-refractivity contribution in [2.75, 3.05) is 5.75 Å². The summed E-state index contributed by atoms with van der Waals surface area (Å²) < 4.78 is 25.5. The number of hydrogen-bond donors (Lipinski definition) is 1. The van der Waals surface area contributed by atoms with Gasteiger partial charge < -0.3 is 9.67 Å². The predicted octanol–water partition coefficient (Wildman–Crippen LogP) is 0.830. The van der Waals surface area contributed by atoms with Gasteiger partial charge in [-0.05, 0) is 32.1 Å². The summed E-state index contributed by atoms with van der Waals surface area (Å²) in [5, 5.41) is 9.70. The predicted molar refractivity (Wildman–Crippen MR) is 66.9 cm³/mol. The van der Waals surface area contributed by atoms with E-state index in [2.05, 4.69) is 4.98 Å². The molecule has 2 aliphatic heterocycles. The van der Waals surface area contributed by atoms with Crippen LogP contribution in [0.4, 0.5) is 0 Å². The van der Waals surface area contributed by atoms with Crippen LogP contribution in [0.5, 0.6) is 0 Å². The lowest BCUT2D eigenvalue weighted by Crippen LogP contribution is -2.24. The summed E-state index contributed by atoms with van der Waals surface area (Å²) in [7, 11) is -2.94. The second kappa shape index (κ2) is 4.35. The number of rotatable bonds is 2. The van der Waals surface area contributed by atoms with Gasteiger partial charge in [-0.2, -0.15) is 0 Å². The number of fused-ring (bicyclic) bond motifs is 1. The molecule has 0 saturated carbocycles. The summed E-state index contributed by atoms with van der Waals surface area (Å²) in [6.07, 6.45) is 5.78. The van der Waals surface area contributed by atoms with Gasteiger partial charge in [-0.15, -0.1) is 0 Å². The SMILES string of the molecule is O=S1(=O)CCCC1Cc1ncc2n1C(O)CCC2. The summed E-state index contributed by atoms with van der Waals surface area (Å²) in [5.41, 5.74) is 1.03. The number of nitrogens with zero attached hydrogens (tertiary/aromatic N) is 2. The van der Waals surface area contributed by atoms with Crippen LogP contribution in [0.15, 0.2) is 6.20 Å². The normalized spacial score (nSPS) is 30.3. The van der Waals surface area contributed by atoms with Crippen LogP contribution in [0.1, 0.15) is 43.4 Å². The molecule has 0 spiro atoms. The molecule has 1 N–H and O–H groups in total. The van der Waals surface area contributed by atoms with E-state index in [9.17, 15) is 13.5 Å². The molecule has 6 heteroatoms. The van der Waals surface area contributed by atoms with E-state index in [1.165, 1.54) is 0 Å². The molecule has 3 rings (SSSR count). The van der Waals surface area contributed by atoms with Crippen LogP contribution < -0.4 is 0 Å². The van der Waals surface area contributed by atoms with Gasteiger partial charge in [-0.25, -0.2) is 13.4 Å². The van der Waals surface area contributed by atoms with Crippen molar-refractivity contribution in [2.45, 2.75) is 50.0 Å². The Hall–Kier alpha value is -0.880. The first-order valence-electron chi connectivity index (χ1n) is 6.52. The van der Waals surface area contributed by atoms with Crippen LogP contribution in [0.2, 0.25) is 0 Å². The van der Waals surface area contributed by atoms with Crippen LogP contribution in [0.3, 0.4) is 0 Å². The number of imidazole rings is 1. The summed E-state index contributed by atoms with van der Waals surface area (Å²) in [6.45, 7) is 0. The lowest BCUT2D eigenvalue weighted by molar-refractivity contribution is 0.0758. The Morgan fingerprint density at radius 1 is 1.39 bits per heavy atom. The van der Waals surface area contributed by atoms with Crippen LogP contribution in [-0.4, -0.2) is 34.1 Å². The molecule has 1 fully saturated rings. The topological polar surface area (TPSA) is 72.2 Å². The molecule has 0 aromatic carbocycles. The van der Waals surface area contributed by atoms with Crippen LogP contribution in [0, 0.1) is 0 Å². The Bertz CT molecular complexity index is 550. The quantitative estimate of drug-likeness (QED) is 0.864. The zero-order valence-electron chi connectivity index (χ0n) is 10.2. The smallest absolute Gasteiger partial charge is 0.153 e. The van der Waals surface area contributed by atoms with Crippen LogP contribution >= 0.6 is 0 Å². The number of aromatic nitrogens is 2. The highest BCUT2D eigenvalue weighted by molar-refractivity contribution is 7.92. The van der Waals surface area contributed by atoms with E-state index >= 15 is 0 Å². The van der Waals surface area contributed by atoms with Crippen molar-refractivity contribution in [1.82, 2.24) is 9.55 Å². The molecular formula is C12H18N2O3S. The van der Waals surface area contributed by atoms with Crippen LogP contribution in [0.25, 0.3) is 0 Å². The van der Waals surface area contributed by atoms with Gasteiger partial charge in [0.05, 0.1) is 11.0 Å². The van der Waals surface area contributed by atoms with E-state index in [0.717, 1.165) is 43.6 Å². The van der Waals surface area contributed by atoms with Crippen molar-refractivity contribution in [3.63, 3.8) is 0 Å². The third-order valence-corrected chi connectivity index (χ3v) is 6.29. The maximum absolute atomic E-state index is 11.8.